The van der Waals surface area contributed by atoms with E-state index in [4.69, 9.17) is 14.6 Å². The zero-order chi connectivity index (χ0) is 20.2. The normalized spacial score (nSPS) is 29.1. The quantitative estimate of drug-likeness (QED) is 0.538. The largest absolute Gasteiger partial charge is 0.416 e. The summed E-state index contributed by atoms with van der Waals surface area (Å²) in [4.78, 5) is 12.1. The molecule has 1 saturated heterocycles. The van der Waals surface area contributed by atoms with E-state index in [1.807, 2.05) is 0 Å². The smallest absolute Gasteiger partial charge is 0.394 e. The van der Waals surface area contributed by atoms with E-state index in [0.29, 0.717) is 0 Å². The summed E-state index contributed by atoms with van der Waals surface area (Å²) in [5.41, 5.74) is -0.692. The summed E-state index contributed by atoms with van der Waals surface area (Å²) >= 11 is 0. The average molecular weight is 391 g/mol. The lowest BCUT2D eigenvalue weighted by Crippen LogP contribution is -2.64. The minimum absolute atomic E-state index is 0.157. The van der Waals surface area contributed by atoms with Gasteiger partial charge in [0.05, 0.1) is 12.2 Å². The van der Waals surface area contributed by atoms with Gasteiger partial charge in [-0.15, -0.1) is 0 Å². The Balaban J connectivity index is 2.07. The third-order valence-electron chi connectivity index (χ3n) is 4.06. The SMILES string of the molecule is COC1OC(CO)C(O)C(O)C1NC(=O)C=Cc1cccc(C(F)(F)F)c1. The highest BCUT2D eigenvalue weighted by Gasteiger charge is 2.45. The monoisotopic (exact) mass is 391 g/mol. The van der Waals surface area contributed by atoms with Crippen LogP contribution in [0.2, 0.25) is 0 Å². The van der Waals surface area contributed by atoms with Gasteiger partial charge in [-0.25, -0.2) is 0 Å². The molecule has 5 unspecified atom stereocenters. The maximum Gasteiger partial charge on any atom is 0.416 e. The molecule has 2 rings (SSSR count). The van der Waals surface area contributed by atoms with Crippen LogP contribution in [0.5, 0.6) is 0 Å². The van der Waals surface area contributed by atoms with Crippen molar-refractivity contribution < 1.29 is 42.8 Å². The van der Waals surface area contributed by atoms with E-state index in [1.54, 1.807) is 0 Å². The van der Waals surface area contributed by atoms with Gasteiger partial charge in [0, 0.05) is 13.2 Å². The van der Waals surface area contributed by atoms with E-state index in [-0.39, 0.29) is 5.56 Å². The fourth-order valence-corrected chi connectivity index (χ4v) is 2.64. The van der Waals surface area contributed by atoms with Crippen molar-refractivity contribution in [1.82, 2.24) is 5.32 Å². The second-order valence-electron chi connectivity index (χ2n) is 5.93. The number of amides is 1. The molecule has 4 N–H and O–H groups in total. The van der Waals surface area contributed by atoms with E-state index in [2.05, 4.69) is 5.32 Å². The third-order valence-corrected chi connectivity index (χ3v) is 4.06. The first kappa shape index (κ1) is 21.3. The number of aliphatic hydroxyl groups is 3. The number of rotatable bonds is 5. The molecule has 1 aliphatic rings. The Hall–Kier alpha value is -1.98. The molecule has 1 aromatic rings. The predicted octanol–water partition coefficient (Wildman–Crippen LogP) is 0.289. The zero-order valence-corrected chi connectivity index (χ0v) is 14.3. The van der Waals surface area contributed by atoms with Crippen molar-refractivity contribution in [3.05, 3.63) is 41.5 Å². The Morgan fingerprint density at radius 2 is 2.04 bits per heavy atom. The molecule has 5 atom stereocenters. The number of carbonyl (C=O) groups excluding carboxylic acids is 1. The summed E-state index contributed by atoms with van der Waals surface area (Å²) in [6.07, 6.45) is -7.49. The van der Waals surface area contributed by atoms with Gasteiger partial charge in [-0.3, -0.25) is 4.79 Å². The van der Waals surface area contributed by atoms with E-state index in [0.717, 1.165) is 18.2 Å². The van der Waals surface area contributed by atoms with Crippen LogP contribution in [0.4, 0.5) is 13.2 Å². The Labute approximate surface area is 153 Å². The van der Waals surface area contributed by atoms with Gasteiger partial charge in [0.1, 0.15) is 24.4 Å². The molecule has 1 fully saturated rings. The van der Waals surface area contributed by atoms with Gasteiger partial charge in [0.15, 0.2) is 6.29 Å². The van der Waals surface area contributed by atoms with Gasteiger partial charge in [0.2, 0.25) is 5.91 Å². The zero-order valence-electron chi connectivity index (χ0n) is 14.3. The van der Waals surface area contributed by atoms with E-state index >= 15 is 0 Å². The number of hydrogen-bond acceptors (Lipinski definition) is 6. The van der Waals surface area contributed by atoms with Gasteiger partial charge in [0.25, 0.3) is 0 Å². The van der Waals surface area contributed by atoms with Gasteiger partial charge >= 0.3 is 6.18 Å². The van der Waals surface area contributed by atoms with Crippen LogP contribution in [0.3, 0.4) is 0 Å². The van der Waals surface area contributed by atoms with Crippen LogP contribution in [0.15, 0.2) is 30.3 Å². The number of carbonyl (C=O) groups is 1. The summed E-state index contributed by atoms with van der Waals surface area (Å²) in [7, 11) is 1.25. The lowest BCUT2D eigenvalue weighted by molar-refractivity contribution is -0.262. The van der Waals surface area contributed by atoms with Crippen molar-refractivity contribution in [1.29, 1.82) is 0 Å². The maximum absolute atomic E-state index is 12.7. The molecular weight excluding hydrogens is 371 g/mol. The lowest BCUT2D eigenvalue weighted by Gasteiger charge is -2.41. The molecule has 27 heavy (non-hydrogen) atoms. The summed E-state index contributed by atoms with van der Waals surface area (Å²) < 4.78 is 48.3. The highest BCUT2D eigenvalue weighted by molar-refractivity contribution is 5.92. The molecule has 0 radical (unpaired) electrons. The summed E-state index contributed by atoms with van der Waals surface area (Å²) in [5, 5.41) is 31.5. The Morgan fingerprint density at radius 1 is 1.33 bits per heavy atom. The number of nitrogens with one attached hydrogen (secondary N) is 1. The van der Waals surface area contributed by atoms with Crippen molar-refractivity contribution in [3.63, 3.8) is 0 Å². The fourth-order valence-electron chi connectivity index (χ4n) is 2.64. The van der Waals surface area contributed by atoms with Crippen molar-refractivity contribution in [2.24, 2.45) is 0 Å². The summed E-state index contributed by atoms with van der Waals surface area (Å²) in [6, 6.07) is 3.26. The number of methoxy groups -OCH3 is 1. The molecule has 0 aromatic heterocycles. The van der Waals surface area contributed by atoms with Gasteiger partial charge < -0.3 is 30.1 Å². The van der Waals surface area contributed by atoms with E-state index in [9.17, 15) is 28.2 Å². The first-order valence-electron chi connectivity index (χ1n) is 7.98. The standard InChI is InChI=1S/C17H20F3NO6/c1-26-16-13(15(25)14(24)11(8-22)27-16)21-12(23)6-5-9-3-2-4-10(7-9)17(18,19)20/h2-7,11,13-16,22,24-25H,8H2,1H3,(H,21,23). The highest BCUT2D eigenvalue weighted by Crippen LogP contribution is 2.29. The van der Waals surface area contributed by atoms with Crippen molar-refractivity contribution in [2.75, 3.05) is 13.7 Å². The van der Waals surface area contributed by atoms with Crippen LogP contribution < -0.4 is 5.32 Å². The molecule has 10 heteroatoms. The average Bonchev–Trinajstić information content (AvgIpc) is 2.63. The topological polar surface area (TPSA) is 108 Å². The van der Waals surface area contributed by atoms with Crippen molar-refractivity contribution >= 4 is 12.0 Å². The molecular formula is C17H20F3NO6. The molecule has 1 aromatic carbocycles. The Bertz CT molecular complexity index is 679. The molecule has 0 saturated carbocycles. The number of hydrogen-bond donors (Lipinski definition) is 4. The number of aliphatic hydroxyl groups excluding tert-OH is 3. The fraction of sp³-hybridized carbons (Fsp3) is 0.471. The van der Waals surface area contributed by atoms with E-state index in [1.165, 1.54) is 25.3 Å². The first-order valence-corrected chi connectivity index (χ1v) is 7.98. The van der Waals surface area contributed by atoms with Crippen LogP contribution in [-0.2, 0) is 20.4 Å². The highest BCUT2D eigenvalue weighted by atomic mass is 19.4. The van der Waals surface area contributed by atoms with Crippen molar-refractivity contribution in [3.8, 4) is 0 Å². The van der Waals surface area contributed by atoms with E-state index < -0.39 is 54.9 Å². The second kappa shape index (κ2) is 8.81. The summed E-state index contributed by atoms with van der Waals surface area (Å²) in [5.74, 6) is -0.739. The molecule has 7 nitrogen and oxygen atoms in total. The van der Waals surface area contributed by atoms with Crippen LogP contribution in [0.25, 0.3) is 6.08 Å². The minimum atomic E-state index is -4.50. The number of benzene rings is 1. The minimum Gasteiger partial charge on any atom is -0.394 e. The molecule has 0 spiro atoms. The lowest BCUT2D eigenvalue weighted by atomic mass is 9.97. The van der Waals surface area contributed by atoms with Gasteiger partial charge in [-0.1, -0.05) is 12.1 Å². The molecule has 0 aliphatic carbocycles. The molecule has 1 aliphatic heterocycles. The first-order chi connectivity index (χ1) is 12.7. The Morgan fingerprint density at radius 3 is 2.63 bits per heavy atom. The number of ether oxygens (including phenoxy) is 2. The van der Waals surface area contributed by atoms with Crippen LogP contribution >= 0.6 is 0 Å². The molecule has 1 heterocycles. The van der Waals surface area contributed by atoms with Crippen molar-refractivity contribution in [2.45, 2.75) is 36.8 Å². The predicted molar refractivity (Wildman–Crippen MR) is 87.2 cm³/mol. The molecule has 1 amide bonds. The molecule has 150 valence electrons. The van der Waals surface area contributed by atoms with Crippen LogP contribution in [0, 0.1) is 0 Å². The Kier molecular flexibility index (Phi) is 6.95. The molecule has 0 bridgehead atoms. The van der Waals surface area contributed by atoms with Crippen LogP contribution in [0.1, 0.15) is 11.1 Å². The van der Waals surface area contributed by atoms with Gasteiger partial charge in [-0.05, 0) is 23.8 Å². The van der Waals surface area contributed by atoms with Gasteiger partial charge in [-0.2, -0.15) is 13.2 Å². The number of alkyl halides is 3. The maximum atomic E-state index is 12.7. The number of halogens is 3. The van der Waals surface area contributed by atoms with Crippen LogP contribution in [-0.4, -0.2) is 65.6 Å². The second-order valence-corrected chi connectivity index (χ2v) is 5.93. The summed E-state index contributed by atoms with van der Waals surface area (Å²) in [6.45, 7) is -0.561. The third kappa shape index (κ3) is 5.27.